The van der Waals surface area contributed by atoms with Crippen LogP contribution >= 0.6 is 0 Å². The molecule has 0 fully saturated rings. The van der Waals surface area contributed by atoms with Gasteiger partial charge in [-0.2, -0.15) is 4.99 Å². The van der Waals surface area contributed by atoms with Crippen LogP contribution in [0.4, 0.5) is 5.69 Å². The second-order valence-electron chi connectivity index (χ2n) is 4.47. The maximum Gasteiger partial charge on any atom is 0.218 e. The van der Waals surface area contributed by atoms with Crippen LogP contribution in [0.15, 0.2) is 28.2 Å². The molecule has 0 bridgehead atoms. The van der Waals surface area contributed by atoms with Gasteiger partial charge in [-0.1, -0.05) is 18.2 Å². The molecule has 0 aliphatic rings. The molecule has 5 N–H and O–H groups in total. The Hall–Kier alpha value is -2.04. The van der Waals surface area contributed by atoms with Gasteiger partial charge in [-0.05, 0) is 38.8 Å². The highest BCUT2D eigenvalue weighted by atomic mass is 15.2. The molecule has 0 amide bonds. The molecule has 1 aromatic carbocycles. The number of hydrogen-bond acceptors (Lipinski definition) is 1. The molecule has 0 saturated heterocycles. The van der Waals surface area contributed by atoms with E-state index < -0.39 is 0 Å². The van der Waals surface area contributed by atoms with Crippen molar-refractivity contribution in [1.29, 1.82) is 0 Å². The number of para-hydroxylation sites is 1. The van der Waals surface area contributed by atoms with Crippen LogP contribution in [0.5, 0.6) is 0 Å². The Morgan fingerprint density at radius 2 is 1.72 bits per heavy atom. The van der Waals surface area contributed by atoms with Gasteiger partial charge >= 0.3 is 0 Å². The van der Waals surface area contributed by atoms with Crippen molar-refractivity contribution in [3.63, 3.8) is 0 Å². The highest BCUT2D eigenvalue weighted by molar-refractivity contribution is 6.01. The fourth-order valence-corrected chi connectivity index (χ4v) is 1.58. The first-order valence-corrected chi connectivity index (χ1v) is 5.91. The lowest BCUT2D eigenvalue weighted by Crippen LogP contribution is -2.27. The molecule has 0 heterocycles. The Labute approximate surface area is 108 Å². The first-order chi connectivity index (χ1) is 8.40. The maximum atomic E-state index is 5.80. The van der Waals surface area contributed by atoms with Gasteiger partial charge in [0.1, 0.15) is 0 Å². The van der Waals surface area contributed by atoms with E-state index in [2.05, 4.69) is 15.3 Å². The predicted octanol–water partition coefficient (Wildman–Crippen LogP) is 1.75. The Bertz CT molecular complexity index is 454. The van der Waals surface area contributed by atoms with Gasteiger partial charge in [0.2, 0.25) is 11.9 Å². The minimum Gasteiger partial charge on any atom is -0.369 e. The summed E-state index contributed by atoms with van der Waals surface area (Å²) in [6.07, 6.45) is 0. The van der Waals surface area contributed by atoms with Crippen molar-refractivity contribution in [3.05, 3.63) is 29.3 Å². The van der Waals surface area contributed by atoms with Crippen molar-refractivity contribution in [2.45, 2.75) is 33.7 Å². The molecule has 0 aromatic heterocycles. The molecule has 0 saturated carbocycles. The number of nitrogens with zero attached hydrogens (tertiary/aromatic N) is 2. The summed E-state index contributed by atoms with van der Waals surface area (Å²) in [4.78, 5) is 8.10. The average Bonchev–Trinajstić information content (AvgIpc) is 2.22. The second kappa shape index (κ2) is 6.05. The van der Waals surface area contributed by atoms with E-state index in [0.717, 1.165) is 16.8 Å². The van der Waals surface area contributed by atoms with Crippen LogP contribution in [0, 0.1) is 13.8 Å². The number of hydrogen-bond donors (Lipinski definition) is 3. The van der Waals surface area contributed by atoms with Gasteiger partial charge in [0.15, 0.2) is 0 Å². The predicted molar refractivity (Wildman–Crippen MR) is 77.9 cm³/mol. The summed E-state index contributed by atoms with van der Waals surface area (Å²) in [6.45, 7) is 7.87. The quantitative estimate of drug-likeness (QED) is 0.549. The number of rotatable bonds is 2. The number of guanidine groups is 2. The summed E-state index contributed by atoms with van der Waals surface area (Å²) in [5.41, 5.74) is 14.6. The lowest BCUT2D eigenvalue weighted by Gasteiger charge is -2.11. The normalized spacial score (nSPS) is 12.9. The summed E-state index contributed by atoms with van der Waals surface area (Å²) in [7, 11) is 0. The zero-order valence-electron chi connectivity index (χ0n) is 11.4. The number of aliphatic imine (C=N–C) groups is 2. The van der Waals surface area contributed by atoms with E-state index in [9.17, 15) is 0 Å². The van der Waals surface area contributed by atoms with Crippen LogP contribution in [0.3, 0.4) is 0 Å². The average molecular weight is 247 g/mol. The Balaban J connectivity index is 2.88. The van der Waals surface area contributed by atoms with Crippen LogP contribution in [-0.2, 0) is 0 Å². The molecule has 98 valence electrons. The Morgan fingerprint density at radius 3 is 2.22 bits per heavy atom. The molecular weight excluding hydrogens is 226 g/mol. The van der Waals surface area contributed by atoms with Gasteiger partial charge in [0.05, 0.1) is 0 Å². The number of anilines is 1. The minimum atomic E-state index is 0.0988. The van der Waals surface area contributed by atoms with Gasteiger partial charge in [-0.15, -0.1) is 0 Å². The lowest BCUT2D eigenvalue weighted by atomic mass is 10.1. The first kappa shape index (κ1) is 14.0. The van der Waals surface area contributed by atoms with E-state index in [1.165, 1.54) is 0 Å². The number of benzene rings is 1. The molecule has 0 aliphatic heterocycles. The molecule has 0 spiro atoms. The SMILES string of the molecule is Cc1cccc(C)c1N/C(N)=N/C(N)=NC(C)C. The third-order valence-electron chi connectivity index (χ3n) is 2.36. The standard InChI is InChI=1S/C13H21N5/c1-8(2)16-12(14)18-13(15)17-11-9(3)6-5-7-10(11)4/h5-8H,1-4H3,(H5,14,15,16,17,18). The van der Waals surface area contributed by atoms with Gasteiger partial charge in [0.25, 0.3) is 0 Å². The highest BCUT2D eigenvalue weighted by Crippen LogP contribution is 2.18. The van der Waals surface area contributed by atoms with Crippen LogP contribution in [0.25, 0.3) is 0 Å². The Morgan fingerprint density at radius 1 is 1.17 bits per heavy atom. The summed E-state index contributed by atoms with van der Waals surface area (Å²) >= 11 is 0. The summed E-state index contributed by atoms with van der Waals surface area (Å²) in [6, 6.07) is 6.11. The van der Waals surface area contributed by atoms with Gasteiger partial charge in [-0.25, -0.2) is 4.99 Å². The number of nitrogens with two attached hydrogens (primary N) is 2. The van der Waals surface area contributed by atoms with Crippen molar-refractivity contribution in [2.24, 2.45) is 21.5 Å². The van der Waals surface area contributed by atoms with Crippen LogP contribution in [0.1, 0.15) is 25.0 Å². The van der Waals surface area contributed by atoms with E-state index in [-0.39, 0.29) is 18.0 Å². The van der Waals surface area contributed by atoms with E-state index in [1.54, 1.807) is 0 Å². The zero-order chi connectivity index (χ0) is 13.7. The molecule has 1 aromatic rings. The Kier molecular flexibility index (Phi) is 4.71. The smallest absolute Gasteiger partial charge is 0.218 e. The van der Waals surface area contributed by atoms with E-state index in [0.29, 0.717) is 0 Å². The van der Waals surface area contributed by atoms with Crippen molar-refractivity contribution >= 4 is 17.6 Å². The van der Waals surface area contributed by atoms with Crippen LogP contribution in [0.2, 0.25) is 0 Å². The molecular formula is C13H21N5. The molecule has 0 aliphatic carbocycles. The fourth-order valence-electron chi connectivity index (χ4n) is 1.58. The molecule has 0 unspecified atom stereocenters. The molecule has 0 atom stereocenters. The van der Waals surface area contributed by atoms with E-state index in [1.807, 2.05) is 45.9 Å². The fraction of sp³-hybridized carbons (Fsp3) is 0.385. The molecule has 1 rings (SSSR count). The third kappa shape index (κ3) is 4.08. The maximum absolute atomic E-state index is 5.80. The second-order valence-corrected chi connectivity index (χ2v) is 4.47. The molecule has 5 nitrogen and oxygen atoms in total. The zero-order valence-corrected chi connectivity index (χ0v) is 11.4. The topological polar surface area (TPSA) is 88.8 Å². The van der Waals surface area contributed by atoms with Crippen LogP contribution < -0.4 is 16.8 Å². The highest BCUT2D eigenvalue weighted by Gasteiger charge is 2.03. The van der Waals surface area contributed by atoms with Crippen molar-refractivity contribution in [3.8, 4) is 0 Å². The van der Waals surface area contributed by atoms with Gasteiger partial charge in [0, 0.05) is 11.7 Å². The monoisotopic (exact) mass is 247 g/mol. The van der Waals surface area contributed by atoms with Gasteiger partial charge in [-0.3, -0.25) is 0 Å². The molecule has 5 heteroatoms. The van der Waals surface area contributed by atoms with E-state index >= 15 is 0 Å². The summed E-state index contributed by atoms with van der Waals surface area (Å²) in [5.74, 6) is 0.426. The van der Waals surface area contributed by atoms with E-state index in [4.69, 9.17) is 11.5 Å². The summed E-state index contributed by atoms with van der Waals surface area (Å²) < 4.78 is 0. The number of aryl methyl sites for hydroxylation is 2. The van der Waals surface area contributed by atoms with Crippen molar-refractivity contribution in [1.82, 2.24) is 0 Å². The number of nitrogens with one attached hydrogen (secondary N) is 1. The van der Waals surface area contributed by atoms with Crippen molar-refractivity contribution < 1.29 is 0 Å². The molecule has 18 heavy (non-hydrogen) atoms. The largest absolute Gasteiger partial charge is 0.369 e. The van der Waals surface area contributed by atoms with Crippen LogP contribution in [-0.4, -0.2) is 18.0 Å². The van der Waals surface area contributed by atoms with Crippen molar-refractivity contribution in [2.75, 3.05) is 5.32 Å². The summed E-state index contributed by atoms with van der Waals surface area (Å²) in [5, 5.41) is 3.05. The minimum absolute atomic E-state index is 0.0988. The van der Waals surface area contributed by atoms with Gasteiger partial charge < -0.3 is 16.8 Å². The third-order valence-corrected chi connectivity index (χ3v) is 2.36. The first-order valence-electron chi connectivity index (χ1n) is 5.91. The lowest BCUT2D eigenvalue weighted by molar-refractivity contribution is 0.831. The molecule has 0 radical (unpaired) electrons.